The molecule has 0 aliphatic carbocycles. The van der Waals surface area contributed by atoms with Crippen molar-refractivity contribution in [2.24, 2.45) is 0 Å². The zero-order valence-electron chi connectivity index (χ0n) is 14.1. The molecular weight excluding hydrogens is 375 g/mol. The zero-order valence-corrected chi connectivity index (χ0v) is 14.1. The van der Waals surface area contributed by atoms with Crippen LogP contribution in [0.25, 0.3) is 11.1 Å². The summed E-state index contributed by atoms with van der Waals surface area (Å²) in [7, 11) is 0. The Labute approximate surface area is 157 Å². The van der Waals surface area contributed by atoms with E-state index in [0.29, 0.717) is 11.5 Å². The van der Waals surface area contributed by atoms with E-state index in [4.69, 9.17) is 0 Å². The predicted molar refractivity (Wildman–Crippen MR) is 93.7 cm³/mol. The predicted octanol–water partition coefficient (Wildman–Crippen LogP) is 4.13. The van der Waals surface area contributed by atoms with Gasteiger partial charge in [-0.3, -0.25) is 0 Å². The number of nitrogens with one attached hydrogen (secondary N) is 1. The van der Waals surface area contributed by atoms with Crippen LogP contribution in [0.1, 0.15) is 10.4 Å². The van der Waals surface area contributed by atoms with Crippen LogP contribution in [-0.2, 0) is 9.53 Å². The van der Waals surface area contributed by atoms with Gasteiger partial charge in [-0.25, -0.2) is 19.6 Å². The van der Waals surface area contributed by atoms with E-state index >= 15 is 0 Å². The molecule has 1 aromatic heterocycles. The monoisotopic (exact) mass is 387 g/mol. The van der Waals surface area contributed by atoms with E-state index in [-0.39, 0.29) is 5.56 Å². The molecule has 9 heteroatoms. The van der Waals surface area contributed by atoms with E-state index in [2.05, 4.69) is 20.0 Å². The van der Waals surface area contributed by atoms with Gasteiger partial charge in [0.2, 0.25) is 5.95 Å². The Balaban J connectivity index is 1.74. The number of anilines is 2. The molecule has 0 fully saturated rings. The molecule has 28 heavy (non-hydrogen) atoms. The molecule has 0 unspecified atom stereocenters. The second-order valence-corrected chi connectivity index (χ2v) is 5.53. The lowest BCUT2D eigenvalue weighted by atomic mass is 10.0. The van der Waals surface area contributed by atoms with Gasteiger partial charge in [0.05, 0.1) is 5.56 Å². The highest BCUT2D eigenvalue weighted by Crippen LogP contribution is 2.25. The van der Waals surface area contributed by atoms with Gasteiger partial charge in [-0.1, -0.05) is 24.3 Å². The van der Waals surface area contributed by atoms with Crippen molar-refractivity contribution in [1.82, 2.24) is 9.97 Å². The van der Waals surface area contributed by atoms with Gasteiger partial charge in [0, 0.05) is 18.1 Å². The Morgan fingerprint density at radius 2 is 1.57 bits per heavy atom. The number of carbonyl (C=O) groups excluding carboxylic acids is 2. The maximum Gasteiger partial charge on any atom is 0.491 e. The second kappa shape index (κ2) is 7.87. The first-order valence-corrected chi connectivity index (χ1v) is 7.91. The van der Waals surface area contributed by atoms with Gasteiger partial charge in [-0.05, 0) is 41.5 Å². The molecule has 2 aromatic carbocycles. The van der Waals surface area contributed by atoms with Crippen LogP contribution in [0, 0.1) is 0 Å². The third kappa shape index (κ3) is 4.70. The first-order valence-electron chi connectivity index (χ1n) is 7.91. The molecular formula is C19H12F3N3O3. The summed E-state index contributed by atoms with van der Waals surface area (Å²) in [5.41, 5.74) is 2.04. The topological polar surface area (TPSA) is 81.2 Å². The first-order chi connectivity index (χ1) is 13.3. The van der Waals surface area contributed by atoms with Gasteiger partial charge >= 0.3 is 18.1 Å². The zero-order chi connectivity index (χ0) is 20.1. The van der Waals surface area contributed by atoms with Crippen molar-refractivity contribution >= 4 is 23.6 Å². The Hall–Kier alpha value is -3.75. The summed E-state index contributed by atoms with van der Waals surface area (Å²) in [5.74, 6) is -3.50. The quantitative estimate of drug-likeness (QED) is 0.536. The van der Waals surface area contributed by atoms with Crippen LogP contribution in [0.4, 0.5) is 24.8 Å². The largest absolute Gasteiger partial charge is 0.491 e. The molecule has 0 amide bonds. The lowest BCUT2D eigenvalue weighted by molar-refractivity contribution is -0.193. The molecule has 6 nitrogen and oxygen atoms in total. The molecule has 0 atom stereocenters. The molecule has 0 bridgehead atoms. The smallest absolute Gasteiger partial charge is 0.383 e. The molecule has 1 heterocycles. The SMILES string of the molecule is O=C(OC(=O)C(F)(F)F)c1ccc(-c2cccc(Nc3ncccn3)c2)cc1. The number of alkyl halides is 3. The summed E-state index contributed by atoms with van der Waals surface area (Å²) >= 11 is 0. The summed E-state index contributed by atoms with van der Waals surface area (Å²) in [5, 5.41) is 3.04. The van der Waals surface area contributed by atoms with E-state index in [1.54, 1.807) is 24.5 Å². The lowest BCUT2D eigenvalue weighted by Crippen LogP contribution is -2.28. The van der Waals surface area contributed by atoms with Gasteiger partial charge in [-0.2, -0.15) is 13.2 Å². The van der Waals surface area contributed by atoms with Crippen LogP contribution in [0.5, 0.6) is 0 Å². The van der Waals surface area contributed by atoms with E-state index in [9.17, 15) is 22.8 Å². The van der Waals surface area contributed by atoms with Gasteiger partial charge in [0.1, 0.15) is 0 Å². The van der Waals surface area contributed by atoms with Crippen LogP contribution in [0.2, 0.25) is 0 Å². The normalized spacial score (nSPS) is 11.0. The van der Waals surface area contributed by atoms with Crippen LogP contribution < -0.4 is 5.32 Å². The van der Waals surface area contributed by atoms with E-state index < -0.39 is 18.1 Å². The van der Waals surface area contributed by atoms with Crippen LogP contribution >= 0.6 is 0 Å². The molecule has 0 saturated heterocycles. The Kier molecular flexibility index (Phi) is 5.35. The molecule has 3 aromatic rings. The average molecular weight is 387 g/mol. The molecule has 0 radical (unpaired) electrons. The number of ether oxygens (including phenoxy) is 1. The Bertz CT molecular complexity index is 991. The Morgan fingerprint density at radius 1 is 0.893 bits per heavy atom. The van der Waals surface area contributed by atoms with E-state index in [0.717, 1.165) is 11.3 Å². The number of nitrogens with zero attached hydrogens (tertiary/aromatic N) is 2. The summed E-state index contributed by atoms with van der Waals surface area (Å²) in [6.45, 7) is 0. The van der Waals surface area contributed by atoms with Crippen molar-refractivity contribution in [3.8, 4) is 11.1 Å². The maximum absolute atomic E-state index is 12.2. The summed E-state index contributed by atoms with van der Waals surface area (Å²) in [4.78, 5) is 30.5. The Morgan fingerprint density at radius 3 is 2.21 bits per heavy atom. The fourth-order valence-electron chi connectivity index (χ4n) is 2.27. The lowest BCUT2D eigenvalue weighted by Gasteiger charge is -2.08. The van der Waals surface area contributed by atoms with Crippen molar-refractivity contribution in [2.75, 3.05) is 5.32 Å². The number of halogens is 3. The van der Waals surface area contributed by atoms with Crippen LogP contribution in [0.3, 0.4) is 0 Å². The minimum Gasteiger partial charge on any atom is -0.383 e. The van der Waals surface area contributed by atoms with Gasteiger partial charge in [0.25, 0.3) is 0 Å². The molecule has 0 aliphatic rings. The minimum absolute atomic E-state index is 0.173. The van der Waals surface area contributed by atoms with Crippen molar-refractivity contribution in [3.05, 3.63) is 72.6 Å². The number of hydrogen-bond donors (Lipinski definition) is 1. The molecule has 0 spiro atoms. The second-order valence-electron chi connectivity index (χ2n) is 5.53. The third-order valence-electron chi connectivity index (χ3n) is 3.56. The number of benzene rings is 2. The summed E-state index contributed by atoms with van der Waals surface area (Å²) < 4.78 is 40.3. The van der Waals surface area contributed by atoms with Crippen LogP contribution in [-0.4, -0.2) is 28.1 Å². The number of aromatic nitrogens is 2. The maximum atomic E-state index is 12.2. The molecule has 0 saturated carbocycles. The molecule has 142 valence electrons. The highest BCUT2D eigenvalue weighted by atomic mass is 19.4. The van der Waals surface area contributed by atoms with Gasteiger partial charge in [-0.15, -0.1) is 0 Å². The van der Waals surface area contributed by atoms with Crippen molar-refractivity contribution in [2.45, 2.75) is 6.18 Å². The highest BCUT2D eigenvalue weighted by molar-refractivity contribution is 5.98. The van der Waals surface area contributed by atoms with Crippen LogP contribution in [0.15, 0.2) is 67.0 Å². The summed E-state index contributed by atoms with van der Waals surface area (Å²) in [6, 6.07) is 14.6. The first kappa shape index (κ1) is 19.0. The van der Waals surface area contributed by atoms with Gasteiger partial charge in [0.15, 0.2) is 0 Å². The number of rotatable bonds is 4. The van der Waals surface area contributed by atoms with E-state index in [1.807, 2.05) is 18.2 Å². The third-order valence-corrected chi connectivity index (χ3v) is 3.56. The standard InChI is InChI=1S/C19H12F3N3O3/c20-19(21,22)17(27)28-16(26)13-7-5-12(6-8-13)14-3-1-4-15(11-14)25-18-23-9-2-10-24-18/h1-11H,(H,23,24,25). The van der Waals surface area contributed by atoms with Gasteiger partial charge < -0.3 is 10.1 Å². The minimum atomic E-state index is -5.23. The van der Waals surface area contributed by atoms with Crippen molar-refractivity contribution < 1.29 is 27.5 Å². The number of esters is 2. The van der Waals surface area contributed by atoms with Crippen molar-refractivity contribution in [1.29, 1.82) is 0 Å². The molecule has 3 rings (SSSR count). The number of carbonyl (C=O) groups is 2. The van der Waals surface area contributed by atoms with Crippen molar-refractivity contribution in [3.63, 3.8) is 0 Å². The highest BCUT2D eigenvalue weighted by Gasteiger charge is 2.42. The molecule has 0 aliphatic heterocycles. The number of hydrogen-bond acceptors (Lipinski definition) is 6. The van der Waals surface area contributed by atoms with E-state index in [1.165, 1.54) is 24.3 Å². The average Bonchev–Trinajstić information content (AvgIpc) is 2.68. The fourth-order valence-corrected chi connectivity index (χ4v) is 2.27. The molecule has 1 N–H and O–H groups in total. The fraction of sp³-hybridized carbons (Fsp3) is 0.0526. The summed E-state index contributed by atoms with van der Waals surface area (Å²) in [6.07, 6.45) is -2.04.